The molecule has 0 aliphatic rings. The minimum atomic E-state index is -0.464. The molecule has 20 heavy (non-hydrogen) atoms. The van der Waals surface area contributed by atoms with Crippen molar-refractivity contribution in [2.24, 2.45) is 5.92 Å². The number of esters is 1. The van der Waals surface area contributed by atoms with Crippen LogP contribution in [0.2, 0.25) is 0 Å². The Morgan fingerprint density at radius 3 is 2.70 bits per heavy atom. The normalized spacial score (nSPS) is 11.2. The number of nitrogens with zero attached hydrogens (tertiary/aromatic N) is 3. The van der Waals surface area contributed by atoms with E-state index in [9.17, 15) is 9.59 Å². The van der Waals surface area contributed by atoms with Crippen LogP contribution in [0.4, 0.5) is 0 Å². The summed E-state index contributed by atoms with van der Waals surface area (Å²) in [6.45, 7) is 5.82. The first-order chi connectivity index (χ1) is 9.42. The minimum Gasteiger partial charge on any atom is -0.469 e. The van der Waals surface area contributed by atoms with Crippen molar-refractivity contribution < 1.29 is 9.53 Å². The minimum absolute atomic E-state index is 0.0877. The Bertz CT molecular complexity index is 699. The van der Waals surface area contributed by atoms with Gasteiger partial charge in [-0.2, -0.15) is 9.50 Å². The van der Waals surface area contributed by atoms with Crippen LogP contribution in [0.1, 0.15) is 30.9 Å². The molecule has 0 spiro atoms. The molecule has 108 valence electrons. The fourth-order valence-corrected chi connectivity index (χ4v) is 2.00. The van der Waals surface area contributed by atoms with Gasteiger partial charge < -0.3 is 4.74 Å². The molecular weight excluding hydrogens is 260 g/mol. The lowest BCUT2D eigenvalue weighted by Crippen LogP contribution is -2.24. The Balaban J connectivity index is 2.51. The first-order valence-electron chi connectivity index (χ1n) is 6.46. The monoisotopic (exact) mass is 278 g/mol. The molecule has 0 radical (unpaired) electrons. The molecule has 2 heterocycles. The highest BCUT2D eigenvalue weighted by Gasteiger charge is 2.16. The highest BCUT2D eigenvalue weighted by atomic mass is 16.5. The summed E-state index contributed by atoms with van der Waals surface area (Å²) in [5.74, 6) is 0.992. The second-order valence-corrected chi connectivity index (χ2v) is 5.14. The summed E-state index contributed by atoms with van der Waals surface area (Å²) >= 11 is 0. The molecule has 7 nitrogen and oxygen atoms in total. The number of methoxy groups -OCH3 is 1. The van der Waals surface area contributed by atoms with Gasteiger partial charge in [0.2, 0.25) is 0 Å². The molecule has 0 aliphatic carbocycles. The molecule has 0 saturated carbocycles. The number of aromatic amines is 1. The first kappa shape index (κ1) is 14.2. The molecule has 0 atom stereocenters. The summed E-state index contributed by atoms with van der Waals surface area (Å²) in [5, 5.41) is 2.93. The Labute approximate surface area is 116 Å². The SMILES string of the molecule is COC(=O)Cc1c(C)nc2nc(CC(C)C)[nH]n2c1=O. The van der Waals surface area contributed by atoms with Gasteiger partial charge >= 0.3 is 5.97 Å². The zero-order chi connectivity index (χ0) is 14.9. The maximum atomic E-state index is 12.3. The van der Waals surface area contributed by atoms with Crippen molar-refractivity contribution in [2.45, 2.75) is 33.6 Å². The van der Waals surface area contributed by atoms with E-state index in [0.29, 0.717) is 28.8 Å². The number of carbonyl (C=O) groups excluding carboxylic acids is 1. The van der Waals surface area contributed by atoms with E-state index in [2.05, 4.69) is 33.7 Å². The van der Waals surface area contributed by atoms with Crippen molar-refractivity contribution in [3.8, 4) is 0 Å². The first-order valence-corrected chi connectivity index (χ1v) is 6.46. The number of aromatic nitrogens is 4. The number of rotatable bonds is 4. The van der Waals surface area contributed by atoms with Crippen LogP contribution in [-0.4, -0.2) is 32.7 Å². The molecule has 0 unspecified atom stereocenters. The highest BCUT2D eigenvalue weighted by Crippen LogP contribution is 2.07. The Morgan fingerprint density at radius 1 is 1.40 bits per heavy atom. The van der Waals surface area contributed by atoms with Gasteiger partial charge in [-0.3, -0.25) is 14.7 Å². The second-order valence-electron chi connectivity index (χ2n) is 5.14. The summed E-state index contributed by atoms with van der Waals surface area (Å²) in [4.78, 5) is 32.3. The van der Waals surface area contributed by atoms with E-state index in [1.54, 1.807) is 6.92 Å². The zero-order valence-corrected chi connectivity index (χ0v) is 12.1. The van der Waals surface area contributed by atoms with Crippen LogP contribution in [0, 0.1) is 12.8 Å². The van der Waals surface area contributed by atoms with Crippen LogP contribution < -0.4 is 5.56 Å². The summed E-state index contributed by atoms with van der Waals surface area (Å²) < 4.78 is 5.87. The van der Waals surface area contributed by atoms with Crippen LogP contribution in [0.3, 0.4) is 0 Å². The van der Waals surface area contributed by atoms with Crippen molar-refractivity contribution in [2.75, 3.05) is 7.11 Å². The molecule has 1 N–H and O–H groups in total. The number of aryl methyl sites for hydroxylation is 1. The van der Waals surface area contributed by atoms with Crippen molar-refractivity contribution >= 4 is 11.7 Å². The highest BCUT2D eigenvalue weighted by molar-refractivity contribution is 5.72. The second kappa shape index (κ2) is 5.44. The average Bonchev–Trinajstić information content (AvgIpc) is 2.75. The Morgan fingerprint density at radius 2 is 2.10 bits per heavy atom. The molecule has 0 aromatic carbocycles. The smallest absolute Gasteiger partial charge is 0.310 e. The maximum absolute atomic E-state index is 12.3. The number of ether oxygens (including phenoxy) is 1. The molecule has 0 fully saturated rings. The quantitative estimate of drug-likeness (QED) is 0.829. The largest absolute Gasteiger partial charge is 0.469 e. The number of nitrogens with one attached hydrogen (secondary N) is 1. The van der Waals surface area contributed by atoms with Gasteiger partial charge in [-0.25, -0.2) is 4.98 Å². The predicted octanol–water partition coefficient (Wildman–Crippen LogP) is 0.640. The lowest BCUT2D eigenvalue weighted by molar-refractivity contribution is -0.139. The van der Waals surface area contributed by atoms with Gasteiger partial charge in [0.1, 0.15) is 5.82 Å². The topological polar surface area (TPSA) is 89.3 Å². The van der Waals surface area contributed by atoms with Crippen molar-refractivity contribution in [3.63, 3.8) is 0 Å². The molecule has 0 aliphatic heterocycles. The Kier molecular flexibility index (Phi) is 3.87. The number of H-pyrrole nitrogens is 1. The lowest BCUT2D eigenvalue weighted by atomic mass is 10.1. The average molecular weight is 278 g/mol. The molecule has 2 aromatic rings. The molecule has 7 heteroatoms. The van der Waals surface area contributed by atoms with E-state index < -0.39 is 5.97 Å². The lowest BCUT2D eigenvalue weighted by Gasteiger charge is -2.03. The van der Waals surface area contributed by atoms with Gasteiger partial charge in [-0.15, -0.1) is 0 Å². The molecular formula is C13H18N4O3. The van der Waals surface area contributed by atoms with Gasteiger partial charge in [0.25, 0.3) is 11.3 Å². The van der Waals surface area contributed by atoms with Crippen molar-refractivity contribution in [1.82, 2.24) is 19.6 Å². The van der Waals surface area contributed by atoms with Crippen molar-refractivity contribution in [3.05, 3.63) is 27.4 Å². The molecule has 0 amide bonds. The van der Waals surface area contributed by atoms with E-state index >= 15 is 0 Å². The third kappa shape index (κ3) is 2.71. The maximum Gasteiger partial charge on any atom is 0.310 e. The Hall–Kier alpha value is -2.18. The summed E-state index contributed by atoms with van der Waals surface area (Å²) in [7, 11) is 1.29. The fourth-order valence-electron chi connectivity index (χ4n) is 2.00. The van der Waals surface area contributed by atoms with Gasteiger partial charge in [-0.05, 0) is 12.8 Å². The molecule has 0 bridgehead atoms. The van der Waals surface area contributed by atoms with Crippen LogP contribution in [0.25, 0.3) is 5.78 Å². The van der Waals surface area contributed by atoms with Gasteiger partial charge in [0.05, 0.1) is 24.8 Å². The number of hydrogen-bond acceptors (Lipinski definition) is 5. The van der Waals surface area contributed by atoms with E-state index in [1.165, 1.54) is 11.6 Å². The number of hydrogen-bond donors (Lipinski definition) is 1. The van der Waals surface area contributed by atoms with E-state index in [-0.39, 0.29) is 12.0 Å². The van der Waals surface area contributed by atoms with Gasteiger partial charge in [-0.1, -0.05) is 13.8 Å². The van der Waals surface area contributed by atoms with Crippen LogP contribution >= 0.6 is 0 Å². The molecule has 2 rings (SSSR count). The summed E-state index contributed by atoms with van der Waals surface area (Å²) in [5.41, 5.74) is 0.525. The molecule has 0 saturated heterocycles. The third-order valence-corrected chi connectivity index (χ3v) is 2.99. The number of fused-ring (bicyclic) bond motifs is 1. The summed E-state index contributed by atoms with van der Waals surface area (Å²) in [6, 6.07) is 0. The third-order valence-electron chi connectivity index (χ3n) is 2.99. The van der Waals surface area contributed by atoms with E-state index in [1.807, 2.05) is 0 Å². The van der Waals surface area contributed by atoms with E-state index in [4.69, 9.17) is 0 Å². The van der Waals surface area contributed by atoms with Crippen LogP contribution in [-0.2, 0) is 22.4 Å². The predicted molar refractivity (Wildman–Crippen MR) is 72.6 cm³/mol. The standard InChI is InChI=1S/C13H18N4O3/c1-7(2)5-10-15-13-14-8(3)9(6-11(18)20-4)12(19)17(13)16-10/h7H,5-6H2,1-4H3,(H,14,15,16). The number of carbonyl (C=O) groups is 1. The molecule has 2 aromatic heterocycles. The van der Waals surface area contributed by atoms with Crippen LogP contribution in [0.5, 0.6) is 0 Å². The van der Waals surface area contributed by atoms with Crippen LogP contribution in [0.15, 0.2) is 4.79 Å². The zero-order valence-electron chi connectivity index (χ0n) is 12.1. The van der Waals surface area contributed by atoms with Gasteiger partial charge in [0, 0.05) is 6.42 Å². The van der Waals surface area contributed by atoms with E-state index in [0.717, 1.165) is 6.42 Å². The van der Waals surface area contributed by atoms with Gasteiger partial charge in [0.15, 0.2) is 0 Å². The van der Waals surface area contributed by atoms with Crippen molar-refractivity contribution in [1.29, 1.82) is 0 Å². The fraction of sp³-hybridized carbons (Fsp3) is 0.538. The summed E-state index contributed by atoms with van der Waals surface area (Å²) in [6.07, 6.45) is 0.643.